The van der Waals surface area contributed by atoms with E-state index in [4.69, 9.17) is 17.3 Å². The minimum absolute atomic E-state index is 0.0573. The summed E-state index contributed by atoms with van der Waals surface area (Å²) < 4.78 is 0. The molecule has 0 fully saturated rings. The second-order valence-electron chi connectivity index (χ2n) is 8.84. The van der Waals surface area contributed by atoms with Crippen molar-refractivity contribution in [3.63, 3.8) is 0 Å². The quantitative estimate of drug-likeness (QED) is 0.159. The first-order chi connectivity index (χ1) is 18.1. The number of hydrogen-bond donors (Lipinski definition) is 2. The first-order valence-electron chi connectivity index (χ1n) is 11.8. The van der Waals surface area contributed by atoms with Gasteiger partial charge < -0.3 is 10.8 Å². The minimum Gasteiger partial charge on any atom is -0.506 e. The van der Waals surface area contributed by atoms with E-state index in [2.05, 4.69) is 4.99 Å². The monoisotopic (exact) mass is 564 g/mol. The molecule has 2 heterocycles. The highest BCUT2D eigenvalue weighted by molar-refractivity contribution is 7.16. The molecule has 0 spiro atoms. The fraction of sp³-hybridized carbons (Fsp3) is 0.172. The van der Waals surface area contributed by atoms with Crippen LogP contribution in [0.5, 0.6) is 5.75 Å². The predicted octanol–water partition coefficient (Wildman–Crippen LogP) is 7.00. The number of aromatic hydroxyl groups is 1. The van der Waals surface area contributed by atoms with E-state index in [0.29, 0.717) is 36.5 Å². The summed E-state index contributed by atoms with van der Waals surface area (Å²) in [6, 6.07) is 17.4. The van der Waals surface area contributed by atoms with Gasteiger partial charge in [0, 0.05) is 33.7 Å². The van der Waals surface area contributed by atoms with Crippen LogP contribution in [0, 0.1) is 0 Å². The summed E-state index contributed by atoms with van der Waals surface area (Å²) in [5.74, 6) is -0.693. The van der Waals surface area contributed by atoms with Crippen LogP contribution >= 0.6 is 34.3 Å². The van der Waals surface area contributed by atoms with E-state index in [0.717, 1.165) is 22.5 Å². The molecule has 0 bridgehead atoms. The maximum Gasteiger partial charge on any atom is 0.248 e. The van der Waals surface area contributed by atoms with Crippen molar-refractivity contribution in [2.75, 3.05) is 6.54 Å². The van der Waals surface area contributed by atoms with Gasteiger partial charge in [-0.25, -0.2) is 0 Å². The molecule has 2 aromatic heterocycles. The molecule has 2 aromatic carbocycles. The third-order valence-electron chi connectivity index (χ3n) is 6.13. The molecule has 3 N–H and O–H groups in total. The zero-order chi connectivity index (χ0) is 27.4. The Morgan fingerprint density at radius 1 is 0.974 bits per heavy atom. The highest BCUT2D eigenvalue weighted by atomic mass is 35.5. The van der Waals surface area contributed by atoms with Crippen molar-refractivity contribution in [1.29, 1.82) is 0 Å². The molecule has 9 heteroatoms. The molecule has 38 heavy (non-hydrogen) atoms. The Bertz CT molecular complexity index is 1520. The number of carbonyl (C=O) groups is 3. The van der Waals surface area contributed by atoms with E-state index in [1.807, 2.05) is 24.4 Å². The second kappa shape index (κ2) is 11.9. The normalized spacial score (nSPS) is 12.3. The lowest BCUT2D eigenvalue weighted by Gasteiger charge is -2.10. The molecule has 0 radical (unpaired) electrons. The number of nitrogens with zero attached hydrogens (tertiary/aromatic N) is 1. The number of ketones is 2. The average Bonchev–Trinajstić information content (AvgIpc) is 3.55. The van der Waals surface area contributed by atoms with Crippen LogP contribution in [0.4, 0.5) is 0 Å². The van der Waals surface area contributed by atoms with Gasteiger partial charge in [0.05, 0.1) is 14.6 Å². The van der Waals surface area contributed by atoms with Gasteiger partial charge in [-0.1, -0.05) is 42.8 Å². The molecule has 1 atom stereocenters. The van der Waals surface area contributed by atoms with Crippen LogP contribution in [0.3, 0.4) is 0 Å². The van der Waals surface area contributed by atoms with Crippen LogP contribution < -0.4 is 5.73 Å². The van der Waals surface area contributed by atoms with Crippen molar-refractivity contribution in [2.45, 2.75) is 26.2 Å². The van der Waals surface area contributed by atoms with Crippen LogP contribution in [0.15, 0.2) is 71.0 Å². The van der Waals surface area contributed by atoms with Crippen LogP contribution in [-0.2, 0) is 0 Å². The van der Waals surface area contributed by atoms with Gasteiger partial charge in [0.15, 0.2) is 11.6 Å². The molecule has 0 aliphatic rings. The lowest BCUT2D eigenvalue weighted by atomic mass is 9.94. The number of hydrogen-bond acceptors (Lipinski definition) is 7. The zero-order valence-electron chi connectivity index (χ0n) is 20.7. The van der Waals surface area contributed by atoms with Gasteiger partial charge in [0.25, 0.3) is 0 Å². The second-order valence-corrected chi connectivity index (χ2v) is 11.2. The number of Topliss-reactive ketones (excluding diaryl/α,β-unsaturated/α-hetero) is 2. The Kier molecular flexibility index (Phi) is 8.56. The molecule has 4 aromatic rings. The Morgan fingerprint density at radius 2 is 1.61 bits per heavy atom. The van der Waals surface area contributed by atoms with E-state index in [9.17, 15) is 19.5 Å². The lowest BCUT2D eigenvalue weighted by molar-refractivity contribution is 0.0975. The standard InChI is InChI=1S/C29H25ClN2O4S2/c1-16(18-3-5-20(6-4-18)29(31)36)13-23(33)25-11-12-26(38-25)24(34)14-32-17(2)22-15-37-28(27(22)35)19-7-9-21(30)10-8-19/h3-12,15-16,35H,13-14H2,1-2H3,(H2,31,36). The summed E-state index contributed by atoms with van der Waals surface area (Å²) in [5, 5.41) is 13.1. The summed E-state index contributed by atoms with van der Waals surface area (Å²) in [4.78, 5) is 42.9. The lowest BCUT2D eigenvalue weighted by Crippen LogP contribution is -2.11. The van der Waals surface area contributed by atoms with E-state index in [-0.39, 0.29) is 36.2 Å². The first kappa shape index (κ1) is 27.4. The first-order valence-corrected chi connectivity index (χ1v) is 13.8. The average molecular weight is 565 g/mol. The van der Waals surface area contributed by atoms with Crippen molar-refractivity contribution < 1.29 is 19.5 Å². The molecule has 1 amide bonds. The highest BCUT2D eigenvalue weighted by Crippen LogP contribution is 2.39. The molecule has 0 saturated heterocycles. The fourth-order valence-corrected chi connectivity index (χ4v) is 5.90. The largest absolute Gasteiger partial charge is 0.506 e. The molecule has 194 valence electrons. The SMILES string of the molecule is CC(=NCC(=O)c1ccc(C(=O)CC(C)c2ccc(C(N)=O)cc2)s1)c1csc(-c2ccc(Cl)cc2)c1O. The van der Waals surface area contributed by atoms with E-state index in [1.54, 1.807) is 55.5 Å². The Hall–Kier alpha value is -3.59. The molecular weight excluding hydrogens is 540 g/mol. The Morgan fingerprint density at radius 3 is 2.24 bits per heavy atom. The number of halogens is 1. The highest BCUT2D eigenvalue weighted by Gasteiger charge is 2.18. The van der Waals surface area contributed by atoms with Crippen LogP contribution in [0.1, 0.15) is 67.0 Å². The summed E-state index contributed by atoms with van der Waals surface area (Å²) in [5.41, 5.74) is 8.61. The summed E-state index contributed by atoms with van der Waals surface area (Å²) in [6.45, 7) is 3.60. The molecule has 6 nitrogen and oxygen atoms in total. The third kappa shape index (κ3) is 6.27. The minimum atomic E-state index is -0.495. The number of thiophene rings is 2. The smallest absolute Gasteiger partial charge is 0.248 e. The van der Waals surface area contributed by atoms with E-state index < -0.39 is 5.91 Å². The number of amides is 1. The molecule has 0 aliphatic carbocycles. The van der Waals surface area contributed by atoms with Gasteiger partial charge >= 0.3 is 0 Å². The number of carbonyl (C=O) groups excluding carboxylic acids is 3. The number of benzene rings is 2. The van der Waals surface area contributed by atoms with Gasteiger partial charge in [-0.15, -0.1) is 22.7 Å². The maximum atomic E-state index is 12.8. The maximum absolute atomic E-state index is 12.8. The van der Waals surface area contributed by atoms with Crippen molar-refractivity contribution in [3.05, 3.63) is 97.5 Å². The molecule has 0 aliphatic heterocycles. The predicted molar refractivity (Wildman–Crippen MR) is 154 cm³/mol. The van der Waals surface area contributed by atoms with Gasteiger partial charge in [-0.2, -0.15) is 0 Å². The van der Waals surface area contributed by atoms with Crippen LogP contribution in [0.2, 0.25) is 5.02 Å². The number of aliphatic imine (C=N–C) groups is 1. The Labute approximate surface area is 233 Å². The topological polar surface area (TPSA) is 110 Å². The molecule has 0 saturated carbocycles. The van der Waals surface area contributed by atoms with Crippen molar-refractivity contribution >= 4 is 57.5 Å². The van der Waals surface area contributed by atoms with Crippen LogP contribution in [0.25, 0.3) is 10.4 Å². The summed E-state index contributed by atoms with van der Waals surface area (Å²) in [7, 11) is 0. The van der Waals surface area contributed by atoms with Gasteiger partial charge in [0.1, 0.15) is 12.3 Å². The molecular formula is C29H25ClN2O4S2. The summed E-state index contributed by atoms with van der Waals surface area (Å²) in [6.07, 6.45) is 0.273. The Balaban J connectivity index is 1.38. The molecule has 1 unspecified atom stereocenters. The molecule has 4 rings (SSSR count). The van der Waals surface area contributed by atoms with E-state index in [1.165, 1.54) is 11.3 Å². The van der Waals surface area contributed by atoms with Crippen molar-refractivity contribution in [2.24, 2.45) is 10.7 Å². The van der Waals surface area contributed by atoms with Crippen LogP contribution in [-0.4, -0.2) is 34.8 Å². The number of primary amides is 1. The van der Waals surface area contributed by atoms with Gasteiger partial charge in [-0.05, 0) is 60.4 Å². The number of rotatable bonds is 10. The van der Waals surface area contributed by atoms with Gasteiger partial charge in [0.2, 0.25) is 5.91 Å². The van der Waals surface area contributed by atoms with Crippen molar-refractivity contribution in [3.8, 4) is 16.2 Å². The van der Waals surface area contributed by atoms with Gasteiger partial charge in [-0.3, -0.25) is 19.4 Å². The van der Waals surface area contributed by atoms with Crippen molar-refractivity contribution in [1.82, 2.24) is 0 Å². The fourth-order valence-electron chi connectivity index (χ4n) is 3.88. The number of nitrogens with two attached hydrogens (primary N) is 1. The zero-order valence-corrected chi connectivity index (χ0v) is 23.1. The van der Waals surface area contributed by atoms with E-state index >= 15 is 0 Å². The third-order valence-corrected chi connectivity index (χ3v) is 8.57. The summed E-state index contributed by atoms with van der Waals surface area (Å²) >= 11 is 8.50.